The first-order valence-corrected chi connectivity index (χ1v) is 9.26. The number of nitrogens with zero attached hydrogens (tertiary/aromatic N) is 1. The number of hydrogen-bond donors (Lipinski definition) is 1. The maximum absolute atomic E-state index is 12.7. The van der Waals surface area contributed by atoms with Crippen molar-refractivity contribution in [3.8, 4) is 0 Å². The third-order valence-corrected chi connectivity index (χ3v) is 6.70. The number of sulfonamides is 1. The summed E-state index contributed by atoms with van der Waals surface area (Å²) in [7, 11) is -2.26. The number of aromatic carboxylic acids is 1. The third-order valence-electron chi connectivity index (χ3n) is 2.60. The van der Waals surface area contributed by atoms with Gasteiger partial charge in [-0.15, -0.1) is 11.3 Å². The summed E-state index contributed by atoms with van der Waals surface area (Å²) < 4.78 is 31.9. The van der Waals surface area contributed by atoms with Gasteiger partial charge in [-0.25, -0.2) is 13.2 Å². The molecule has 1 aromatic rings. The van der Waals surface area contributed by atoms with Gasteiger partial charge in [-0.3, -0.25) is 0 Å². The average molecular weight is 400 g/mol. The number of rotatable bonds is 8. The molecule has 0 saturated heterocycles. The van der Waals surface area contributed by atoms with Gasteiger partial charge in [-0.2, -0.15) is 4.31 Å². The Labute approximate surface area is 136 Å². The van der Waals surface area contributed by atoms with Crippen LogP contribution in [0.25, 0.3) is 0 Å². The van der Waals surface area contributed by atoms with Crippen molar-refractivity contribution in [2.75, 3.05) is 26.8 Å². The van der Waals surface area contributed by atoms with Gasteiger partial charge < -0.3 is 9.84 Å². The lowest BCUT2D eigenvalue weighted by molar-refractivity contribution is 0.0702. The summed E-state index contributed by atoms with van der Waals surface area (Å²) in [6.45, 7) is 4.68. The molecule has 0 fully saturated rings. The Hall–Kier alpha value is -0.480. The molecule has 9 heteroatoms. The maximum atomic E-state index is 12.7. The number of carbonyl (C=O) groups is 1. The van der Waals surface area contributed by atoms with Crippen molar-refractivity contribution in [1.82, 2.24) is 4.31 Å². The molecule has 0 saturated carbocycles. The van der Waals surface area contributed by atoms with E-state index < -0.39 is 16.0 Å². The molecule has 0 bridgehead atoms. The number of carboxylic acid groups (broad SMARTS) is 1. The highest BCUT2D eigenvalue weighted by atomic mass is 79.9. The van der Waals surface area contributed by atoms with E-state index in [4.69, 9.17) is 9.84 Å². The summed E-state index contributed by atoms with van der Waals surface area (Å²) in [6.07, 6.45) is 0. The van der Waals surface area contributed by atoms with Crippen LogP contribution in [0.5, 0.6) is 0 Å². The highest BCUT2D eigenvalue weighted by Crippen LogP contribution is 2.33. The number of halogens is 1. The summed E-state index contributed by atoms with van der Waals surface area (Å²) in [6, 6.07) is 1.19. The molecule has 0 aliphatic carbocycles. The van der Waals surface area contributed by atoms with Crippen molar-refractivity contribution in [2.45, 2.75) is 18.7 Å². The van der Waals surface area contributed by atoms with Crippen LogP contribution in [0.15, 0.2) is 14.7 Å². The SMILES string of the molecule is COCCN(CC(C)C)S(=O)(=O)c1cc(C(=O)O)sc1Br. The Bertz CT molecular complexity index is 597. The highest BCUT2D eigenvalue weighted by molar-refractivity contribution is 9.11. The zero-order chi connectivity index (χ0) is 16.2. The molecular formula is C12H18BrNO5S2. The molecule has 120 valence electrons. The van der Waals surface area contributed by atoms with Crippen LogP contribution in [0.4, 0.5) is 0 Å². The van der Waals surface area contributed by atoms with Crippen LogP contribution >= 0.6 is 27.3 Å². The van der Waals surface area contributed by atoms with Gasteiger partial charge in [0, 0.05) is 20.2 Å². The van der Waals surface area contributed by atoms with Crippen molar-refractivity contribution in [1.29, 1.82) is 0 Å². The lowest BCUT2D eigenvalue weighted by Gasteiger charge is -2.23. The van der Waals surface area contributed by atoms with Crippen molar-refractivity contribution in [3.63, 3.8) is 0 Å². The Morgan fingerprint density at radius 1 is 1.52 bits per heavy atom. The summed E-state index contributed by atoms with van der Waals surface area (Å²) in [5, 5.41) is 8.97. The fourth-order valence-corrected chi connectivity index (χ4v) is 5.62. The molecule has 21 heavy (non-hydrogen) atoms. The van der Waals surface area contributed by atoms with E-state index in [1.165, 1.54) is 17.5 Å². The molecule has 0 aliphatic heterocycles. The monoisotopic (exact) mass is 399 g/mol. The number of carboxylic acids is 1. The van der Waals surface area contributed by atoms with Crippen LogP contribution in [-0.2, 0) is 14.8 Å². The molecule has 0 aliphatic rings. The van der Waals surface area contributed by atoms with Crippen LogP contribution in [0.3, 0.4) is 0 Å². The summed E-state index contributed by atoms with van der Waals surface area (Å²) >= 11 is 4.03. The quantitative estimate of drug-likeness (QED) is 0.725. The second-order valence-electron chi connectivity index (χ2n) is 4.80. The molecule has 0 spiro atoms. The topological polar surface area (TPSA) is 83.9 Å². The van der Waals surface area contributed by atoms with Gasteiger partial charge in [-0.1, -0.05) is 13.8 Å². The molecule has 0 aromatic carbocycles. The largest absolute Gasteiger partial charge is 0.477 e. The Balaban J connectivity index is 3.18. The number of ether oxygens (including phenoxy) is 1. The lowest BCUT2D eigenvalue weighted by atomic mass is 10.2. The van der Waals surface area contributed by atoms with Crippen LogP contribution in [0, 0.1) is 5.92 Å². The van der Waals surface area contributed by atoms with Crippen LogP contribution in [0.1, 0.15) is 23.5 Å². The van der Waals surface area contributed by atoms with E-state index in [9.17, 15) is 13.2 Å². The minimum Gasteiger partial charge on any atom is -0.477 e. The lowest BCUT2D eigenvalue weighted by Crippen LogP contribution is -2.36. The number of hydrogen-bond acceptors (Lipinski definition) is 5. The van der Waals surface area contributed by atoms with Crippen LogP contribution < -0.4 is 0 Å². The average Bonchev–Trinajstić information content (AvgIpc) is 2.77. The van der Waals surface area contributed by atoms with Gasteiger partial charge in [-0.05, 0) is 27.9 Å². The van der Waals surface area contributed by atoms with Gasteiger partial charge in [0.2, 0.25) is 10.0 Å². The van der Waals surface area contributed by atoms with E-state index in [1.807, 2.05) is 13.8 Å². The van der Waals surface area contributed by atoms with Gasteiger partial charge in [0.1, 0.15) is 9.77 Å². The molecule has 6 nitrogen and oxygen atoms in total. The molecule has 1 heterocycles. The molecule has 0 atom stereocenters. The maximum Gasteiger partial charge on any atom is 0.345 e. The summed E-state index contributed by atoms with van der Waals surface area (Å²) in [5.41, 5.74) is 0. The third kappa shape index (κ3) is 4.75. The number of thiophene rings is 1. The first kappa shape index (κ1) is 18.6. The van der Waals surface area contributed by atoms with E-state index in [-0.39, 0.29) is 28.8 Å². The molecule has 0 amide bonds. The van der Waals surface area contributed by atoms with E-state index in [1.54, 1.807) is 0 Å². The van der Waals surface area contributed by atoms with E-state index in [2.05, 4.69) is 15.9 Å². The van der Waals surface area contributed by atoms with Gasteiger partial charge in [0.05, 0.1) is 10.4 Å². The Kier molecular flexibility index (Phi) is 6.79. The minimum absolute atomic E-state index is 0.0124. The van der Waals surface area contributed by atoms with Crippen molar-refractivity contribution >= 4 is 43.3 Å². The smallest absolute Gasteiger partial charge is 0.345 e. The highest BCUT2D eigenvalue weighted by Gasteiger charge is 2.29. The molecular weight excluding hydrogens is 382 g/mol. The van der Waals surface area contributed by atoms with Gasteiger partial charge >= 0.3 is 5.97 Å². The van der Waals surface area contributed by atoms with E-state index in [0.29, 0.717) is 10.3 Å². The van der Waals surface area contributed by atoms with Crippen molar-refractivity contribution in [2.24, 2.45) is 5.92 Å². The standard InChI is InChI=1S/C12H18BrNO5S2/c1-8(2)7-14(4-5-19-3)21(17,18)10-6-9(12(15)16)20-11(10)13/h6,8H,4-5,7H2,1-3H3,(H,15,16). The molecule has 1 aromatic heterocycles. The Morgan fingerprint density at radius 3 is 2.57 bits per heavy atom. The number of methoxy groups -OCH3 is 1. The normalized spacial score (nSPS) is 12.3. The van der Waals surface area contributed by atoms with Gasteiger partial charge in [0.25, 0.3) is 0 Å². The van der Waals surface area contributed by atoms with Crippen molar-refractivity contribution in [3.05, 3.63) is 14.7 Å². The second-order valence-corrected chi connectivity index (χ2v) is 9.08. The Morgan fingerprint density at radius 2 is 2.14 bits per heavy atom. The van der Waals surface area contributed by atoms with Gasteiger partial charge in [0.15, 0.2) is 0 Å². The van der Waals surface area contributed by atoms with E-state index >= 15 is 0 Å². The first-order chi connectivity index (χ1) is 9.70. The fourth-order valence-electron chi connectivity index (χ4n) is 1.68. The molecule has 1 rings (SSSR count). The molecule has 0 radical (unpaired) electrons. The summed E-state index contributed by atoms with van der Waals surface area (Å²) in [4.78, 5) is 10.9. The fraction of sp³-hybridized carbons (Fsp3) is 0.583. The molecule has 1 N–H and O–H groups in total. The van der Waals surface area contributed by atoms with E-state index in [0.717, 1.165) is 11.3 Å². The second kappa shape index (κ2) is 7.68. The predicted molar refractivity (Wildman–Crippen MR) is 84.5 cm³/mol. The molecule has 0 unspecified atom stereocenters. The predicted octanol–water partition coefficient (Wildman–Crippen LogP) is 2.50. The summed E-state index contributed by atoms with van der Waals surface area (Å²) in [5.74, 6) is -0.998. The van der Waals surface area contributed by atoms with Crippen LogP contribution in [-0.4, -0.2) is 50.6 Å². The first-order valence-electron chi connectivity index (χ1n) is 6.21. The zero-order valence-electron chi connectivity index (χ0n) is 12.0. The minimum atomic E-state index is -3.76. The van der Waals surface area contributed by atoms with Crippen molar-refractivity contribution < 1.29 is 23.1 Å². The zero-order valence-corrected chi connectivity index (χ0v) is 15.2. The van der Waals surface area contributed by atoms with Crippen LogP contribution in [0.2, 0.25) is 0 Å².